The normalized spacial score (nSPS) is 25.4. The molecule has 2 aliphatic rings. The van der Waals surface area contributed by atoms with Crippen LogP contribution in [0.5, 0.6) is 0 Å². The summed E-state index contributed by atoms with van der Waals surface area (Å²) in [6, 6.07) is 10.9. The van der Waals surface area contributed by atoms with E-state index in [0.29, 0.717) is 11.5 Å². The van der Waals surface area contributed by atoms with Gasteiger partial charge in [0.2, 0.25) is 0 Å². The molecule has 0 bridgehead atoms. The molecule has 1 aromatic rings. The van der Waals surface area contributed by atoms with Gasteiger partial charge in [0.1, 0.15) is 0 Å². The Morgan fingerprint density at radius 3 is 2.68 bits per heavy atom. The Morgan fingerprint density at radius 1 is 1.18 bits per heavy atom. The Kier molecular flexibility index (Phi) is 5.51. The molecule has 122 valence electrons. The van der Waals surface area contributed by atoms with Gasteiger partial charge >= 0.3 is 0 Å². The van der Waals surface area contributed by atoms with Gasteiger partial charge < -0.3 is 10.1 Å². The van der Waals surface area contributed by atoms with Crippen LogP contribution < -0.4 is 5.32 Å². The lowest BCUT2D eigenvalue weighted by atomic mass is 9.69. The molecule has 3 nitrogen and oxygen atoms in total. The van der Waals surface area contributed by atoms with Crippen LogP contribution in [0.25, 0.3) is 0 Å². The van der Waals surface area contributed by atoms with Gasteiger partial charge in [-0.3, -0.25) is 4.90 Å². The summed E-state index contributed by atoms with van der Waals surface area (Å²) >= 11 is 0. The van der Waals surface area contributed by atoms with Gasteiger partial charge in [0, 0.05) is 25.1 Å². The summed E-state index contributed by atoms with van der Waals surface area (Å²) in [5, 5.41) is 3.53. The number of rotatable bonds is 5. The summed E-state index contributed by atoms with van der Waals surface area (Å²) in [7, 11) is 0. The summed E-state index contributed by atoms with van der Waals surface area (Å²) < 4.78 is 6.20. The average molecular weight is 302 g/mol. The van der Waals surface area contributed by atoms with Gasteiger partial charge in [0.15, 0.2) is 0 Å². The fourth-order valence-corrected chi connectivity index (χ4v) is 4.01. The predicted octanol–water partition coefficient (Wildman–Crippen LogP) is 3.06. The molecule has 0 radical (unpaired) electrons. The number of benzene rings is 1. The minimum absolute atomic E-state index is 0.417. The third-order valence-electron chi connectivity index (χ3n) is 5.44. The molecule has 0 saturated carbocycles. The van der Waals surface area contributed by atoms with Gasteiger partial charge in [-0.2, -0.15) is 0 Å². The molecule has 2 fully saturated rings. The van der Waals surface area contributed by atoms with Crippen molar-refractivity contribution < 1.29 is 4.74 Å². The lowest BCUT2D eigenvalue weighted by Crippen LogP contribution is -2.55. The number of hydrogen-bond acceptors (Lipinski definition) is 3. The number of piperidine rings is 2. The van der Waals surface area contributed by atoms with Gasteiger partial charge in [0.05, 0.1) is 6.10 Å². The Bertz CT molecular complexity index is 440. The highest BCUT2D eigenvalue weighted by atomic mass is 16.5. The second-order valence-electron chi connectivity index (χ2n) is 6.94. The molecule has 0 aliphatic carbocycles. The minimum Gasteiger partial charge on any atom is -0.376 e. The van der Waals surface area contributed by atoms with Crippen LogP contribution in [0.4, 0.5) is 0 Å². The first-order chi connectivity index (χ1) is 10.8. The fraction of sp³-hybridized carbons (Fsp3) is 0.684. The van der Waals surface area contributed by atoms with Gasteiger partial charge in [-0.25, -0.2) is 0 Å². The first-order valence-electron chi connectivity index (χ1n) is 8.91. The molecule has 2 saturated heterocycles. The SMILES string of the molecule is CCCOC1CNCCC12CCN(Cc1ccccc1)CC2. The van der Waals surface area contributed by atoms with Crippen molar-refractivity contribution in [3.63, 3.8) is 0 Å². The van der Waals surface area contributed by atoms with E-state index in [-0.39, 0.29) is 0 Å². The maximum absolute atomic E-state index is 6.20. The quantitative estimate of drug-likeness (QED) is 0.905. The third-order valence-corrected chi connectivity index (χ3v) is 5.44. The lowest BCUT2D eigenvalue weighted by Gasteiger charge is -2.49. The van der Waals surface area contributed by atoms with Crippen LogP contribution in [0.2, 0.25) is 0 Å². The smallest absolute Gasteiger partial charge is 0.0756 e. The average Bonchev–Trinajstić information content (AvgIpc) is 2.57. The first kappa shape index (κ1) is 16.0. The summed E-state index contributed by atoms with van der Waals surface area (Å²) in [6.07, 6.45) is 5.39. The van der Waals surface area contributed by atoms with E-state index in [2.05, 4.69) is 47.5 Å². The van der Waals surface area contributed by atoms with Crippen LogP contribution in [-0.2, 0) is 11.3 Å². The highest BCUT2D eigenvalue weighted by Crippen LogP contribution is 2.41. The van der Waals surface area contributed by atoms with Gasteiger partial charge in [-0.15, -0.1) is 0 Å². The second kappa shape index (κ2) is 7.58. The van der Waals surface area contributed by atoms with E-state index in [9.17, 15) is 0 Å². The van der Waals surface area contributed by atoms with Crippen molar-refractivity contribution in [2.24, 2.45) is 5.41 Å². The van der Waals surface area contributed by atoms with Crippen molar-refractivity contribution in [1.29, 1.82) is 0 Å². The van der Waals surface area contributed by atoms with Crippen molar-refractivity contribution in [3.8, 4) is 0 Å². The Balaban J connectivity index is 1.56. The van der Waals surface area contributed by atoms with E-state index in [1.807, 2.05) is 0 Å². The molecule has 3 rings (SSSR count). The standard InChI is InChI=1S/C19H30N2O/c1-2-14-22-18-15-20-11-8-19(18)9-12-21(13-10-19)16-17-6-4-3-5-7-17/h3-7,18,20H,2,8-16H2,1H3. The zero-order valence-corrected chi connectivity index (χ0v) is 13.9. The first-order valence-corrected chi connectivity index (χ1v) is 8.91. The molecule has 2 heterocycles. The molecule has 0 amide bonds. The van der Waals surface area contributed by atoms with Gasteiger partial charge in [0.25, 0.3) is 0 Å². The molecule has 22 heavy (non-hydrogen) atoms. The van der Waals surface area contributed by atoms with E-state index in [4.69, 9.17) is 4.74 Å². The maximum atomic E-state index is 6.20. The number of nitrogens with zero attached hydrogens (tertiary/aromatic N) is 1. The summed E-state index contributed by atoms with van der Waals surface area (Å²) in [6.45, 7) is 8.81. The Morgan fingerprint density at radius 2 is 1.95 bits per heavy atom. The van der Waals surface area contributed by atoms with Crippen LogP contribution in [0.1, 0.15) is 38.2 Å². The second-order valence-corrected chi connectivity index (χ2v) is 6.94. The lowest BCUT2D eigenvalue weighted by molar-refractivity contribution is -0.0865. The zero-order valence-electron chi connectivity index (χ0n) is 13.9. The largest absolute Gasteiger partial charge is 0.376 e. The molecule has 0 aromatic heterocycles. The van der Waals surface area contributed by atoms with E-state index >= 15 is 0 Å². The maximum Gasteiger partial charge on any atom is 0.0756 e. The molecule has 2 aliphatic heterocycles. The highest BCUT2D eigenvalue weighted by molar-refractivity contribution is 5.14. The molecule has 1 atom stereocenters. The third kappa shape index (κ3) is 3.70. The molecular formula is C19H30N2O. The summed E-state index contributed by atoms with van der Waals surface area (Å²) in [4.78, 5) is 2.61. The van der Waals surface area contributed by atoms with E-state index < -0.39 is 0 Å². The molecule has 1 aromatic carbocycles. The van der Waals surface area contributed by atoms with Gasteiger partial charge in [-0.05, 0) is 50.9 Å². The topological polar surface area (TPSA) is 24.5 Å². The van der Waals surface area contributed by atoms with Crippen LogP contribution in [0.3, 0.4) is 0 Å². The number of hydrogen-bond donors (Lipinski definition) is 1. The Labute approximate surface area is 135 Å². The van der Waals surface area contributed by atoms with Crippen LogP contribution in [-0.4, -0.2) is 43.8 Å². The van der Waals surface area contributed by atoms with E-state index in [1.54, 1.807) is 0 Å². The van der Waals surface area contributed by atoms with Crippen molar-refractivity contribution >= 4 is 0 Å². The van der Waals surface area contributed by atoms with E-state index in [0.717, 1.165) is 32.7 Å². The van der Waals surface area contributed by atoms with E-state index in [1.165, 1.54) is 37.9 Å². The number of nitrogens with one attached hydrogen (secondary N) is 1. The van der Waals surface area contributed by atoms with Crippen molar-refractivity contribution in [2.45, 2.75) is 45.3 Å². The van der Waals surface area contributed by atoms with Crippen molar-refractivity contribution in [3.05, 3.63) is 35.9 Å². The van der Waals surface area contributed by atoms with Crippen LogP contribution >= 0.6 is 0 Å². The van der Waals surface area contributed by atoms with Crippen molar-refractivity contribution in [1.82, 2.24) is 10.2 Å². The number of likely N-dealkylation sites (tertiary alicyclic amines) is 1. The zero-order chi connectivity index (χ0) is 15.3. The van der Waals surface area contributed by atoms with Crippen LogP contribution in [0.15, 0.2) is 30.3 Å². The molecule has 1 unspecified atom stereocenters. The molecule has 1 N–H and O–H groups in total. The summed E-state index contributed by atoms with van der Waals surface area (Å²) in [5.74, 6) is 0. The van der Waals surface area contributed by atoms with Crippen LogP contribution in [0, 0.1) is 5.41 Å². The molecular weight excluding hydrogens is 272 g/mol. The monoisotopic (exact) mass is 302 g/mol. The van der Waals surface area contributed by atoms with Gasteiger partial charge in [-0.1, -0.05) is 37.3 Å². The minimum atomic E-state index is 0.417. The van der Waals surface area contributed by atoms with Crippen molar-refractivity contribution in [2.75, 3.05) is 32.8 Å². The fourth-order valence-electron chi connectivity index (χ4n) is 4.01. The Hall–Kier alpha value is -0.900. The highest BCUT2D eigenvalue weighted by Gasteiger charge is 2.43. The number of ether oxygens (including phenoxy) is 1. The molecule has 3 heteroatoms. The molecule has 1 spiro atoms. The predicted molar refractivity (Wildman–Crippen MR) is 90.9 cm³/mol. The summed E-state index contributed by atoms with van der Waals surface area (Å²) in [5.41, 5.74) is 1.86.